The van der Waals surface area contributed by atoms with Crippen LogP contribution in [0.1, 0.15) is 69.1 Å². The van der Waals surface area contributed by atoms with Gasteiger partial charge in [-0.25, -0.2) is 0 Å². The van der Waals surface area contributed by atoms with Gasteiger partial charge in [-0.3, -0.25) is 9.59 Å². The third kappa shape index (κ3) is 4.27. The maximum absolute atomic E-state index is 13.3. The first kappa shape index (κ1) is 19.5. The Morgan fingerprint density at radius 2 is 1.79 bits per heavy atom. The summed E-state index contributed by atoms with van der Waals surface area (Å²) in [5.74, 6) is -0.246. The number of aryl methyl sites for hydroxylation is 1. The molecule has 1 atom stereocenters. The molecule has 0 radical (unpaired) electrons. The molecule has 1 aliphatic carbocycles. The van der Waals surface area contributed by atoms with Gasteiger partial charge in [0, 0.05) is 4.88 Å². The van der Waals surface area contributed by atoms with Gasteiger partial charge in [0.2, 0.25) is 0 Å². The molecule has 3 aromatic rings. The number of hydrogen-bond donors (Lipinski definition) is 2. The molecule has 0 bridgehead atoms. The molecule has 0 aliphatic heterocycles. The SMILES string of the molecule is C[C@H](NC(=O)c1c(NC(=O)c2ccco2)sc2c1CCCCC2)c1ccccc1. The molecule has 0 saturated carbocycles. The van der Waals surface area contributed by atoms with Gasteiger partial charge in [0.05, 0.1) is 17.9 Å². The van der Waals surface area contributed by atoms with Crippen molar-refractivity contribution in [3.05, 3.63) is 76.1 Å². The number of nitrogens with one attached hydrogen (secondary N) is 2. The zero-order chi connectivity index (χ0) is 20.2. The molecule has 2 aromatic heterocycles. The average molecular weight is 409 g/mol. The molecule has 150 valence electrons. The number of hydrogen-bond acceptors (Lipinski definition) is 4. The summed E-state index contributed by atoms with van der Waals surface area (Å²) in [6, 6.07) is 13.0. The molecule has 1 aromatic carbocycles. The van der Waals surface area contributed by atoms with Crippen molar-refractivity contribution < 1.29 is 14.0 Å². The van der Waals surface area contributed by atoms with Gasteiger partial charge in [-0.05, 0) is 55.9 Å². The van der Waals surface area contributed by atoms with E-state index in [1.165, 1.54) is 22.5 Å². The standard InChI is InChI=1S/C23H24N2O3S/c1-15(16-9-4-2-5-10-16)24-22(27)20-17-11-6-3-7-13-19(17)29-23(20)25-21(26)18-12-8-14-28-18/h2,4-5,8-10,12,14-15H,3,6-7,11,13H2,1H3,(H,24,27)(H,25,26)/t15-/m0/s1. The fourth-order valence-electron chi connectivity index (χ4n) is 3.74. The second-order valence-electron chi connectivity index (χ2n) is 7.31. The van der Waals surface area contributed by atoms with Crippen molar-refractivity contribution in [3.63, 3.8) is 0 Å². The Morgan fingerprint density at radius 3 is 2.55 bits per heavy atom. The number of rotatable bonds is 5. The Bertz CT molecular complexity index is 993. The molecule has 2 N–H and O–H groups in total. The molecule has 6 heteroatoms. The lowest BCUT2D eigenvalue weighted by Crippen LogP contribution is -2.28. The van der Waals surface area contributed by atoms with Crippen LogP contribution in [0.4, 0.5) is 5.00 Å². The van der Waals surface area contributed by atoms with Crippen molar-refractivity contribution >= 4 is 28.2 Å². The summed E-state index contributed by atoms with van der Waals surface area (Å²) < 4.78 is 5.20. The van der Waals surface area contributed by atoms with Crippen LogP contribution >= 0.6 is 11.3 Å². The molecule has 29 heavy (non-hydrogen) atoms. The number of furan rings is 1. The molecule has 2 heterocycles. The summed E-state index contributed by atoms with van der Waals surface area (Å²) in [5.41, 5.74) is 2.73. The summed E-state index contributed by atoms with van der Waals surface area (Å²) in [6.45, 7) is 1.97. The Labute approximate surface area is 174 Å². The third-order valence-corrected chi connectivity index (χ3v) is 6.47. The van der Waals surface area contributed by atoms with Crippen molar-refractivity contribution in [2.75, 3.05) is 5.32 Å². The zero-order valence-corrected chi connectivity index (χ0v) is 17.2. The number of carbonyl (C=O) groups excluding carboxylic acids is 2. The van der Waals surface area contributed by atoms with Crippen molar-refractivity contribution in [1.29, 1.82) is 0 Å². The highest BCUT2D eigenvalue weighted by molar-refractivity contribution is 7.17. The first-order valence-electron chi connectivity index (χ1n) is 9.98. The maximum atomic E-state index is 13.3. The quantitative estimate of drug-likeness (QED) is 0.559. The van der Waals surface area contributed by atoms with Gasteiger partial charge in [-0.1, -0.05) is 36.8 Å². The minimum absolute atomic E-state index is 0.126. The van der Waals surface area contributed by atoms with E-state index in [1.54, 1.807) is 12.1 Å². The fourth-order valence-corrected chi connectivity index (χ4v) is 5.02. The first-order chi connectivity index (χ1) is 14.1. The molecule has 0 saturated heterocycles. The minimum atomic E-state index is -0.337. The van der Waals surface area contributed by atoms with Gasteiger partial charge >= 0.3 is 0 Å². The minimum Gasteiger partial charge on any atom is -0.459 e. The molecular weight excluding hydrogens is 384 g/mol. The Balaban J connectivity index is 1.63. The lowest BCUT2D eigenvalue weighted by molar-refractivity contribution is 0.0940. The molecule has 4 rings (SSSR count). The summed E-state index contributed by atoms with van der Waals surface area (Å²) in [6.07, 6.45) is 6.62. The zero-order valence-electron chi connectivity index (χ0n) is 16.4. The van der Waals surface area contributed by atoms with Crippen molar-refractivity contribution in [3.8, 4) is 0 Å². The third-order valence-electron chi connectivity index (χ3n) is 5.27. The van der Waals surface area contributed by atoms with Gasteiger partial charge in [-0.2, -0.15) is 0 Å². The molecule has 0 unspecified atom stereocenters. The van der Waals surface area contributed by atoms with E-state index in [-0.39, 0.29) is 23.6 Å². The largest absolute Gasteiger partial charge is 0.459 e. The van der Waals surface area contributed by atoms with Gasteiger partial charge < -0.3 is 15.1 Å². The normalized spacial score (nSPS) is 14.5. The van der Waals surface area contributed by atoms with Crippen LogP contribution in [0.5, 0.6) is 0 Å². The number of fused-ring (bicyclic) bond motifs is 1. The van der Waals surface area contributed by atoms with E-state index in [1.807, 2.05) is 37.3 Å². The predicted molar refractivity (Wildman–Crippen MR) is 115 cm³/mol. The Kier molecular flexibility index (Phi) is 5.81. The highest BCUT2D eigenvalue weighted by atomic mass is 32.1. The van der Waals surface area contributed by atoms with Crippen LogP contribution in [0, 0.1) is 0 Å². The highest BCUT2D eigenvalue weighted by Crippen LogP contribution is 2.38. The average Bonchev–Trinajstić information content (AvgIpc) is 3.32. The molecule has 0 fully saturated rings. The van der Waals surface area contributed by atoms with Gasteiger partial charge in [-0.15, -0.1) is 11.3 Å². The van der Waals surface area contributed by atoms with E-state index in [0.29, 0.717) is 10.6 Å². The molecule has 2 amide bonds. The van der Waals surface area contributed by atoms with E-state index in [0.717, 1.165) is 43.2 Å². The Hall–Kier alpha value is -2.86. The summed E-state index contributed by atoms with van der Waals surface area (Å²) in [7, 11) is 0. The van der Waals surface area contributed by atoms with Crippen LogP contribution in [0.2, 0.25) is 0 Å². The number of carbonyl (C=O) groups is 2. The van der Waals surface area contributed by atoms with Crippen LogP contribution in [-0.2, 0) is 12.8 Å². The lowest BCUT2D eigenvalue weighted by atomic mass is 10.0. The van der Waals surface area contributed by atoms with Crippen LogP contribution in [0.15, 0.2) is 53.1 Å². The Morgan fingerprint density at radius 1 is 1.00 bits per heavy atom. The van der Waals surface area contributed by atoms with Crippen molar-refractivity contribution in [1.82, 2.24) is 5.32 Å². The summed E-state index contributed by atoms with van der Waals surface area (Å²) >= 11 is 1.52. The maximum Gasteiger partial charge on any atom is 0.291 e. The summed E-state index contributed by atoms with van der Waals surface area (Å²) in [5, 5.41) is 6.63. The van der Waals surface area contributed by atoms with E-state index < -0.39 is 0 Å². The van der Waals surface area contributed by atoms with Crippen LogP contribution in [0.25, 0.3) is 0 Å². The van der Waals surface area contributed by atoms with Gasteiger partial charge in [0.15, 0.2) is 5.76 Å². The number of anilines is 1. The fraction of sp³-hybridized carbons (Fsp3) is 0.304. The summed E-state index contributed by atoms with van der Waals surface area (Å²) in [4.78, 5) is 27.0. The second kappa shape index (κ2) is 8.66. The monoisotopic (exact) mass is 408 g/mol. The molecule has 0 spiro atoms. The topological polar surface area (TPSA) is 71.3 Å². The van der Waals surface area contributed by atoms with E-state index in [4.69, 9.17) is 4.42 Å². The number of thiophene rings is 1. The van der Waals surface area contributed by atoms with Crippen molar-refractivity contribution in [2.24, 2.45) is 0 Å². The number of amides is 2. The predicted octanol–water partition coefficient (Wildman–Crippen LogP) is 5.35. The van der Waals surface area contributed by atoms with Crippen molar-refractivity contribution in [2.45, 2.75) is 45.1 Å². The number of benzene rings is 1. The van der Waals surface area contributed by atoms with E-state index in [2.05, 4.69) is 10.6 Å². The van der Waals surface area contributed by atoms with E-state index >= 15 is 0 Å². The van der Waals surface area contributed by atoms with Crippen LogP contribution in [-0.4, -0.2) is 11.8 Å². The lowest BCUT2D eigenvalue weighted by Gasteiger charge is -2.16. The molecular formula is C23H24N2O3S. The van der Waals surface area contributed by atoms with Gasteiger partial charge in [0.25, 0.3) is 11.8 Å². The second-order valence-corrected chi connectivity index (χ2v) is 8.41. The highest BCUT2D eigenvalue weighted by Gasteiger charge is 2.27. The van der Waals surface area contributed by atoms with E-state index in [9.17, 15) is 9.59 Å². The first-order valence-corrected chi connectivity index (χ1v) is 10.8. The molecule has 1 aliphatic rings. The smallest absolute Gasteiger partial charge is 0.291 e. The van der Waals surface area contributed by atoms with Crippen LogP contribution < -0.4 is 10.6 Å². The van der Waals surface area contributed by atoms with Crippen LogP contribution in [0.3, 0.4) is 0 Å². The van der Waals surface area contributed by atoms with Gasteiger partial charge in [0.1, 0.15) is 5.00 Å². The molecule has 5 nitrogen and oxygen atoms in total.